The molecule has 0 atom stereocenters. The van der Waals surface area contributed by atoms with Crippen LogP contribution in [0.5, 0.6) is 0 Å². The van der Waals surface area contributed by atoms with Gasteiger partial charge in [0.2, 0.25) is 0 Å². The van der Waals surface area contributed by atoms with Gasteiger partial charge in [-0.05, 0) is 106 Å². The summed E-state index contributed by atoms with van der Waals surface area (Å²) in [5.41, 5.74) is 4.52. The molecule has 2 N–H and O–H groups in total. The van der Waals surface area contributed by atoms with E-state index in [0.717, 1.165) is 49.7 Å². The number of aromatic nitrogens is 1. The average molecular weight is 584 g/mol. The first kappa shape index (κ1) is 30.3. The van der Waals surface area contributed by atoms with Gasteiger partial charge in [0.1, 0.15) is 17.9 Å². The minimum Gasteiger partial charge on any atom is -0.444 e. The molecule has 2 aromatic carbocycles. The van der Waals surface area contributed by atoms with Crippen molar-refractivity contribution in [2.75, 3.05) is 5.32 Å². The summed E-state index contributed by atoms with van der Waals surface area (Å²) >= 11 is 0. The zero-order valence-corrected chi connectivity index (χ0v) is 25.2. The lowest BCUT2D eigenvalue weighted by Gasteiger charge is -2.28. The number of anilines is 1. The van der Waals surface area contributed by atoms with Crippen molar-refractivity contribution in [2.45, 2.75) is 89.9 Å². The molecule has 2 fully saturated rings. The lowest BCUT2D eigenvalue weighted by atomic mass is 9.76. The van der Waals surface area contributed by atoms with Crippen LogP contribution in [0, 0.1) is 5.92 Å². The Morgan fingerprint density at radius 2 is 1.49 bits per heavy atom. The van der Waals surface area contributed by atoms with Gasteiger partial charge in [-0.25, -0.2) is 14.6 Å². The van der Waals surface area contributed by atoms with E-state index >= 15 is 0 Å². The van der Waals surface area contributed by atoms with E-state index in [2.05, 4.69) is 10.6 Å². The van der Waals surface area contributed by atoms with Gasteiger partial charge in [-0.1, -0.05) is 48.5 Å². The first-order chi connectivity index (χ1) is 20.6. The second-order valence-electron chi connectivity index (χ2n) is 12.6. The fraction of sp³-hybridized carbons (Fsp3) is 0.429. The molecule has 5 rings (SSSR count). The second kappa shape index (κ2) is 13.4. The topological polar surface area (TPSA) is 107 Å². The Morgan fingerprint density at radius 1 is 0.814 bits per heavy atom. The van der Waals surface area contributed by atoms with Crippen LogP contribution < -0.4 is 10.6 Å². The first-order valence-corrected chi connectivity index (χ1v) is 15.2. The fourth-order valence-corrected chi connectivity index (χ4v) is 5.60. The summed E-state index contributed by atoms with van der Waals surface area (Å²) in [6.45, 7) is 5.89. The van der Waals surface area contributed by atoms with Gasteiger partial charge in [0.15, 0.2) is 5.78 Å². The quantitative estimate of drug-likeness (QED) is 0.248. The van der Waals surface area contributed by atoms with Crippen molar-refractivity contribution in [3.8, 4) is 0 Å². The second-order valence-corrected chi connectivity index (χ2v) is 12.6. The smallest absolute Gasteiger partial charge is 0.411 e. The molecule has 2 aliphatic carbocycles. The number of hydrogen-bond acceptors (Lipinski definition) is 6. The summed E-state index contributed by atoms with van der Waals surface area (Å²) in [5, 5.41) is 5.54. The molecule has 0 unspecified atom stereocenters. The SMILES string of the molecule is CC(C)(C)OC(=O)NCc1ccc(C2CC2)c(C(=O)C2CCC(c3ccc(NC(=O)OCc4ccccc4)cc3)CC2)n1. The van der Waals surface area contributed by atoms with Gasteiger partial charge in [-0.3, -0.25) is 10.1 Å². The maximum absolute atomic E-state index is 13.7. The predicted molar refractivity (Wildman–Crippen MR) is 165 cm³/mol. The molecule has 0 saturated heterocycles. The number of pyridine rings is 1. The summed E-state index contributed by atoms with van der Waals surface area (Å²) in [6.07, 6.45) is 4.63. The highest BCUT2D eigenvalue weighted by molar-refractivity contribution is 5.97. The van der Waals surface area contributed by atoms with Crippen LogP contribution in [0.3, 0.4) is 0 Å². The highest BCUT2D eigenvalue weighted by Gasteiger charge is 2.34. The highest BCUT2D eigenvalue weighted by Crippen LogP contribution is 2.43. The van der Waals surface area contributed by atoms with E-state index in [1.54, 1.807) is 0 Å². The number of carbonyl (C=O) groups is 3. The summed E-state index contributed by atoms with van der Waals surface area (Å²) in [4.78, 5) is 42.8. The van der Waals surface area contributed by atoms with Crippen molar-refractivity contribution in [1.29, 1.82) is 0 Å². The minimum atomic E-state index is -0.580. The molecule has 0 radical (unpaired) electrons. The van der Waals surface area contributed by atoms with E-state index in [0.29, 0.717) is 28.9 Å². The number of Topliss-reactive ketones (excluding diaryl/α,β-unsaturated/α-hetero) is 1. The summed E-state index contributed by atoms with van der Waals surface area (Å²) < 4.78 is 10.6. The van der Waals surface area contributed by atoms with Gasteiger partial charge in [0.05, 0.1) is 12.2 Å². The predicted octanol–water partition coefficient (Wildman–Crippen LogP) is 7.89. The van der Waals surface area contributed by atoms with Gasteiger partial charge in [-0.2, -0.15) is 0 Å². The van der Waals surface area contributed by atoms with Gasteiger partial charge >= 0.3 is 12.2 Å². The molecule has 1 heterocycles. The molecule has 8 nitrogen and oxygen atoms in total. The molecule has 2 aliphatic rings. The average Bonchev–Trinajstić information content (AvgIpc) is 3.84. The number of benzene rings is 2. The van der Waals surface area contributed by atoms with E-state index in [1.807, 2.05) is 87.5 Å². The standard InChI is InChI=1S/C35H41N3O5/c1-35(2,3)43-33(40)36-21-29-19-20-30(26-11-12-26)31(37-29)32(39)27-13-9-24(10-14-27)25-15-17-28(18-16-25)38-34(41)42-22-23-7-5-4-6-8-23/h4-8,15-20,24,26-27H,9-14,21-22H2,1-3H3,(H,36,40)(H,38,41). The molecule has 0 bridgehead atoms. The number of hydrogen-bond donors (Lipinski definition) is 2. The van der Waals surface area contributed by atoms with Crippen LogP contribution in [0.2, 0.25) is 0 Å². The van der Waals surface area contributed by atoms with E-state index in [4.69, 9.17) is 14.5 Å². The molecule has 2 amide bonds. The third-order valence-corrected chi connectivity index (χ3v) is 7.99. The molecule has 8 heteroatoms. The maximum atomic E-state index is 13.7. The number of ether oxygens (including phenoxy) is 2. The van der Waals surface area contributed by atoms with Crippen LogP contribution in [0.25, 0.3) is 0 Å². The number of alkyl carbamates (subject to hydrolysis) is 1. The molecule has 0 aliphatic heterocycles. The zero-order valence-electron chi connectivity index (χ0n) is 25.2. The highest BCUT2D eigenvalue weighted by atomic mass is 16.6. The minimum absolute atomic E-state index is 0.0596. The van der Waals surface area contributed by atoms with Gasteiger partial charge < -0.3 is 14.8 Å². The summed E-state index contributed by atoms with van der Waals surface area (Å²) in [7, 11) is 0. The van der Waals surface area contributed by atoms with Crippen molar-refractivity contribution in [3.05, 3.63) is 94.8 Å². The summed E-state index contributed by atoms with van der Waals surface area (Å²) in [5.74, 6) is 0.824. The van der Waals surface area contributed by atoms with E-state index in [1.165, 1.54) is 5.56 Å². The Kier molecular flexibility index (Phi) is 9.43. The maximum Gasteiger partial charge on any atom is 0.411 e. The van der Waals surface area contributed by atoms with Crippen LogP contribution in [-0.4, -0.2) is 28.6 Å². The Bertz CT molecular complexity index is 1420. The van der Waals surface area contributed by atoms with Crippen LogP contribution >= 0.6 is 0 Å². The lowest BCUT2D eigenvalue weighted by Crippen LogP contribution is -2.32. The molecule has 1 aromatic heterocycles. The van der Waals surface area contributed by atoms with Gasteiger partial charge in [0.25, 0.3) is 0 Å². The van der Waals surface area contributed by atoms with Crippen LogP contribution in [0.4, 0.5) is 15.3 Å². The first-order valence-electron chi connectivity index (χ1n) is 15.2. The van der Waals surface area contributed by atoms with E-state index < -0.39 is 17.8 Å². The largest absolute Gasteiger partial charge is 0.444 e. The van der Waals surface area contributed by atoms with Crippen molar-refractivity contribution >= 4 is 23.7 Å². The number of nitrogens with one attached hydrogen (secondary N) is 2. The number of nitrogens with zero attached hydrogens (tertiary/aromatic N) is 1. The van der Waals surface area contributed by atoms with E-state index in [-0.39, 0.29) is 24.9 Å². The number of ketones is 1. The number of carbonyl (C=O) groups excluding carboxylic acids is 3. The molecule has 0 spiro atoms. The molecule has 2 saturated carbocycles. The monoisotopic (exact) mass is 583 g/mol. The van der Waals surface area contributed by atoms with E-state index in [9.17, 15) is 14.4 Å². The third kappa shape index (κ3) is 8.66. The Balaban J connectivity index is 1.14. The number of amides is 2. The van der Waals surface area contributed by atoms with Gasteiger partial charge in [0, 0.05) is 11.6 Å². The van der Waals surface area contributed by atoms with Crippen molar-refractivity contribution in [2.24, 2.45) is 5.92 Å². The zero-order chi connectivity index (χ0) is 30.4. The Labute approximate surface area is 253 Å². The van der Waals surface area contributed by atoms with Crippen molar-refractivity contribution in [3.63, 3.8) is 0 Å². The number of rotatable bonds is 9. The molecular formula is C35H41N3O5. The van der Waals surface area contributed by atoms with Crippen molar-refractivity contribution in [1.82, 2.24) is 10.3 Å². The van der Waals surface area contributed by atoms with Gasteiger partial charge in [-0.15, -0.1) is 0 Å². The van der Waals surface area contributed by atoms with Crippen LogP contribution in [0.1, 0.15) is 104 Å². The molecule has 43 heavy (non-hydrogen) atoms. The Hall–Kier alpha value is -4.20. The van der Waals surface area contributed by atoms with Crippen LogP contribution in [-0.2, 0) is 22.6 Å². The summed E-state index contributed by atoms with van der Waals surface area (Å²) in [6, 6.07) is 21.4. The fourth-order valence-electron chi connectivity index (χ4n) is 5.60. The van der Waals surface area contributed by atoms with Crippen LogP contribution in [0.15, 0.2) is 66.7 Å². The molecule has 3 aromatic rings. The molecule has 226 valence electrons. The van der Waals surface area contributed by atoms with Crippen molar-refractivity contribution < 1.29 is 23.9 Å². The Morgan fingerprint density at radius 3 is 2.14 bits per heavy atom. The normalized spacial score (nSPS) is 18.4. The lowest BCUT2D eigenvalue weighted by molar-refractivity contribution is 0.0522. The third-order valence-electron chi connectivity index (χ3n) is 7.99. The molecular weight excluding hydrogens is 542 g/mol.